The van der Waals surface area contributed by atoms with E-state index in [4.69, 9.17) is 15.2 Å². The summed E-state index contributed by atoms with van der Waals surface area (Å²) >= 11 is 0. The molecule has 2 atom stereocenters. The van der Waals surface area contributed by atoms with Crippen LogP contribution in [-0.2, 0) is 0 Å². The van der Waals surface area contributed by atoms with E-state index in [2.05, 4.69) is 0 Å². The highest BCUT2D eigenvalue weighted by Gasteiger charge is 2.37. The van der Waals surface area contributed by atoms with Crippen LogP contribution in [0.3, 0.4) is 0 Å². The van der Waals surface area contributed by atoms with Gasteiger partial charge in [-0.25, -0.2) is 0 Å². The molecule has 3 rings (SSSR count). The molecule has 1 heterocycles. The molecule has 0 aromatic heterocycles. The Hall–Kier alpha value is -3.13. The zero-order valence-electron chi connectivity index (χ0n) is 15.8. The Morgan fingerprint density at radius 1 is 1.25 bits per heavy atom. The summed E-state index contributed by atoms with van der Waals surface area (Å²) in [5.74, 6) is 0.0467. The standard InChI is InChI=1S/C20H23N3O5/c1-3-28-19-9-14(17(23(25)26)10-18(19)27-2)20(24)22-11-15(16(21)12-22)13-7-5-4-6-8-13/h4-10,15-16H,3,11-12,21H2,1-2H3/t15-,16+/m0/s1. The molecule has 28 heavy (non-hydrogen) atoms. The van der Waals surface area contributed by atoms with Crippen LogP contribution in [0.1, 0.15) is 28.8 Å². The van der Waals surface area contributed by atoms with E-state index in [1.807, 2.05) is 30.3 Å². The van der Waals surface area contributed by atoms with Crippen molar-refractivity contribution in [2.45, 2.75) is 18.9 Å². The average molecular weight is 385 g/mol. The maximum atomic E-state index is 13.1. The first-order chi connectivity index (χ1) is 13.5. The van der Waals surface area contributed by atoms with Gasteiger partial charge in [-0.15, -0.1) is 0 Å². The lowest BCUT2D eigenvalue weighted by atomic mass is 9.95. The number of hydrogen-bond donors (Lipinski definition) is 1. The van der Waals surface area contributed by atoms with Gasteiger partial charge >= 0.3 is 0 Å². The summed E-state index contributed by atoms with van der Waals surface area (Å²) in [5, 5.41) is 11.5. The number of methoxy groups -OCH3 is 1. The highest BCUT2D eigenvalue weighted by molar-refractivity contribution is 5.99. The van der Waals surface area contributed by atoms with Crippen LogP contribution in [0.4, 0.5) is 5.69 Å². The van der Waals surface area contributed by atoms with Crippen molar-refractivity contribution < 1.29 is 19.2 Å². The van der Waals surface area contributed by atoms with E-state index in [9.17, 15) is 14.9 Å². The van der Waals surface area contributed by atoms with Crippen molar-refractivity contribution in [3.8, 4) is 11.5 Å². The van der Waals surface area contributed by atoms with Gasteiger partial charge in [-0.05, 0) is 12.5 Å². The molecule has 1 aliphatic heterocycles. The monoisotopic (exact) mass is 385 g/mol. The average Bonchev–Trinajstić information content (AvgIpc) is 3.09. The maximum absolute atomic E-state index is 13.1. The van der Waals surface area contributed by atoms with E-state index in [1.54, 1.807) is 11.8 Å². The minimum atomic E-state index is -0.587. The van der Waals surface area contributed by atoms with E-state index in [1.165, 1.54) is 19.2 Å². The number of ether oxygens (including phenoxy) is 2. The van der Waals surface area contributed by atoms with Crippen molar-refractivity contribution in [2.75, 3.05) is 26.8 Å². The van der Waals surface area contributed by atoms with Crippen molar-refractivity contribution >= 4 is 11.6 Å². The van der Waals surface area contributed by atoms with Crippen molar-refractivity contribution in [3.05, 3.63) is 63.7 Å². The summed E-state index contributed by atoms with van der Waals surface area (Å²) in [7, 11) is 1.40. The Morgan fingerprint density at radius 2 is 1.96 bits per heavy atom. The fourth-order valence-corrected chi connectivity index (χ4v) is 3.52. The lowest BCUT2D eigenvalue weighted by molar-refractivity contribution is -0.385. The quantitative estimate of drug-likeness (QED) is 0.605. The van der Waals surface area contributed by atoms with Crippen LogP contribution in [0.15, 0.2) is 42.5 Å². The molecule has 0 radical (unpaired) electrons. The number of nitrogens with two attached hydrogens (primary N) is 1. The lowest BCUT2D eigenvalue weighted by Gasteiger charge is -2.18. The van der Waals surface area contributed by atoms with E-state index >= 15 is 0 Å². The first kappa shape index (κ1) is 19.6. The van der Waals surface area contributed by atoms with Crippen LogP contribution in [0.25, 0.3) is 0 Å². The van der Waals surface area contributed by atoms with Gasteiger partial charge in [0.2, 0.25) is 0 Å². The zero-order chi connectivity index (χ0) is 20.3. The molecule has 2 aromatic rings. The number of carbonyl (C=O) groups is 1. The lowest BCUT2D eigenvalue weighted by Crippen LogP contribution is -2.32. The minimum Gasteiger partial charge on any atom is -0.493 e. The first-order valence-corrected chi connectivity index (χ1v) is 9.05. The van der Waals surface area contributed by atoms with E-state index < -0.39 is 10.8 Å². The zero-order valence-corrected chi connectivity index (χ0v) is 15.8. The Kier molecular flexibility index (Phi) is 5.79. The van der Waals surface area contributed by atoms with E-state index in [0.717, 1.165) is 5.56 Å². The molecule has 2 N–H and O–H groups in total. The molecule has 2 aromatic carbocycles. The Labute approximate surface area is 163 Å². The summed E-state index contributed by atoms with van der Waals surface area (Å²) in [5.41, 5.74) is 6.96. The molecule has 148 valence electrons. The van der Waals surface area contributed by atoms with Gasteiger partial charge in [-0.1, -0.05) is 30.3 Å². The topological polar surface area (TPSA) is 108 Å². The summed E-state index contributed by atoms with van der Waals surface area (Å²) in [6, 6.07) is 12.1. The predicted molar refractivity (Wildman–Crippen MR) is 104 cm³/mol. The van der Waals surface area contributed by atoms with Gasteiger partial charge in [0.05, 0.1) is 24.7 Å². The number of nitro groups is 1. The molecule has 1 aliphatic rings. The number of hydrogen-bond acceptors (Lipinski definition) is 6. The van der Waals surface area contributed by atoms with Gasteiger partial charge in [-0.3, -0.25) is 14.9 Å². The van der Waals surface area contributed by atoms with Crippen LogP contribution >= 0.6 is 0 Å². The second-order valence-corrected chi connectivity index (χ2v) is 6.60. The predicted octanol–water partition coefficient (Wildman–Crippen LogP) is 2.57. The molecule has 0 bridgehead atoms. The van der Waals surface area contributed by atoms with E-state index in [0.29, 0.717) is 25.4 Å². The number of amides is 1. The Morgan fingerprint density at radius 3 is 2.57 bits per heavy atom. The number of rotatable bonds is 6. The van der Waals surface area contributed by atoms with E-state index in [-0.39, 0.29) is 29.0 Å². The molecule has 1 saturated heterocycles. The summed E-state index contributed by atoms with van der Waals surface area (Å²) in [6.07, 6.45) is 0. The second-order valence-electron chi connectivity index (χ2n) is 6.60. The smallest absolute Gasteiger partial charge is 0.286 e. The molecule has 8 heteroatoms. The van der Waals surface area contributed by atoms with Gasteiger partial charge in [0.1, 0.15) is 5.56 Å². The third kappa shape index (κ3) is 3.77. The molecular weight excluding hydrogens is 362 g/mol. The van der Waals surface area contributed by atoms with Crippen LogP contribution < -0.4 is 15.2 Å². The molecule has 8 nitrogen and oxygen atoms in total. The molecular formula is C20H23N3O5. The fraction of sp³-hybridized carbons (Fsp3) is 0.350. The number of likely N-dealkylation sites (tertiary alicyclic amines) is 1. The third-order valence-corrected chi connectivity index (χ3v) is 4.89. The minimum absolute atomic E-state index is 0.0196. The number of nitrogens with zero attached hydrogens (tertiary/aromatic N) is 2. The molecule has 0 unspecified atom stereocenters. The van der Waals surface area contributed by atoms with Crippen molar-refractivity contribution in [3.63, 3.8) is 0 Å². The highest BCUT2D eigenvalue weighted by Crippen LogP contribution is 2.36. The summed E-state index contributed by atoms with van der Waals surface area (Å²) < 4.78 is 10.7. The molecule has 1 amide bonds. The van der Waals surface area contributed by atoms with Crippen LogP contribution in [0.5, 0.6) is 11.5 Å². The van der Waals surface area contributed by atoms with Crippen molar-refractivity contribution in [2.24, 2.45) is 5.73 Å². The summed E-state index contributed by atoms with van der Waals surface area (Å²) in [4.78, 5) is 25.6. The highest BCUT2D eigenvalue weighted by atomic mass is 16.6. The second kappa shape index (κ2) is 8.26. The number of carbonyl (C=O) groups excluding carboxylic acids is 1. The molecule has 1 fully saturated rings. The SMILES string of the molecule is CCOc1cc(C(=O)N2C[C@@H](N)[C@H](c3ccccc3)C2)c([N+](=O)[O-])cc1OC. The molecule has 0 spiro atoms. The van der Waals surface area contributed by atoms with Gasteiger partial charge in [0.15, 0.2) is 11.5 Å². The van der Waals surface area contributed by atoms with Crippen LogP contribution in [-0.4, -0.2) is 48.6 Å². The van der Waals surface area contributed by atoms with Gasteiger partial charge in [-0.2, -0.15) is 0 Å². The van der Waals surface area contributed by atoms with Gasteiger partial charge in [0, 0.05) is 31.1 Å². The maximum Gasteiger partial charge on any atom is 0.286 e. The summed E-state index contributed by atoms with van der Waals surface area (Å²) in [6.45, 7) is 2.85. The van der Waals surface area contributed by atoms with Crippen LogP contribution in [0.2, 0.25) is 0 Å². The van der Waals surface area contributed by atoms with Crippen molar-refractivity contribution in [1.29, 1.82) is 0 Å². The number of benzene rings is 2. The third-order valence-electron chi connectivity index (χ3n) is 4.89. The molecule has 0 saturated carbocycles. The normalized spacial score (nSPS) is 18.8. The largest absolute Gasteiger partial charge is 0.493 e. The Balaban J connectivity index is 1.93. The number of nitro benzene ring substituents is 1. The fourth-order valence-electron chi connectivity index (χ4n) is 3.52. The molecule has 0 aliphatic carbocycles. The van der Waals surface area contributed by atoms with Crippen molar-refractivity contribution in [1.82, 2.24) is 4.90 Å². The van der Waals surface area contributed by atoms with Gasteiger partial charge in [0.25, 0.3) is 11.6 Å². The first-order valence-electron chi connectivity index (χ1n) is 9.05. The van der Waals surface area contributed by atoms with Gasteiger partial charge < -0.3 is 20.1 Å². The Bertz CT molecular complexity index is 872. The van der Waals surface area contributed by atoms with Crippen LogP contribution in [0, 0.1) is 10.1 Å².